The molecule has 39 heavy (non-hydrogen) atoms. The second-order valence-electron chi connectivity index (χ2n) is 9.56. The number of carboxylic acids is 1. The number of pyridine rings is 1. The molecule has 2 heterocycles. The number of fused-ring (bicyclic) bond motifs is 1. The number of carbonyl (C=O) groups is 3. The van der Waals surface area contributed by atoms with Crippen molar-refractivity contribution >= 4 is 28.6 Å². The Balaban J connectivity index is 1.31. The first-order valence-electron chi connectivity index (χ1n) is 12.6. The van der Waals surface area contributed by atoms with Gasteiger partial charge in [0.25, 0.3) is 5.56 Å². The SMILES string of the molecule is O=C(O)[C@H](Cc1ccc(-n2c(O)c3ccccc3cc2=O)cc1)NC(=O)[C@@H]1CCC(=O)N1Cc1ccccc1. The van der Waals surface area contributed by atoms with E-state index in [9.17, 15) is 29.4 Å². The van der Waals surface area contributed by atoms with E-state index in [1.54, 1.807) is 48.5 Å². The highest BCUT2D eigenvalue weighted by Crippen LogP contribution is 2.25. The maximum Gasteiger partial charge on any atom is 0.326 e. The van der Waals surface area contributed by atoms with Gasteiger partial charge < -0.3 is 20.4 Å². The lowest BCUT2D eigenvalue weighted by atomic mass is 10.0. The molecule has 5 rings (SSSR count). The lowest BCUT2D eigenvalue weighted by Gasteiger charge is -2.26. The molecule has 198 valence electrons. The summed E-state index contributed by atoms with van der Waals surface area (Å²) in [5.74, 6) is -2.04. The Morgan fingerprint density at radius 1 is 0.923 bits per heavy atom. The van der Waals surface area contributed by atoms with Gasteiger partial charge in [0.05, 0.1) is 5.69 Å². The van der Waals surface area contributed by atoms with Crippen molar-refractivity contribution in [1.29, 1.82) is 0 Å². The topological polar surface area (TPSA) is 129 Å². The van der Waals surface area contributed by atoms with Crippen LogP contribution in [0.25, 0.3) is 16.5 Å². The van der Waals surface area contributed by atoms with Gasteiger partial charge in [-0.15, -0.1) is 0 Å². The zero-order valence-corrected chi connectivity index (χ0v) is 21.0. The van der Waals surface area contributed by atoms with Gasteiger partial charge >= 0.3 is 5.97 Å². The van der Waals surface area contributed by atoms with E-state index in [1.165, 1.54) is 15.5 Å². The van der Waals surface area contributed by atoms with Crippen LogP contribution >= 0.6 is 0 Å². The number of nitrogens with zero attached hydrogens (tertiary/aromatic N) is 2. The highest BCUT2D eigenvalue weighted by Gasteiger charge is 2.37. The van der Waals surface area contributed by atoms with Gasteiger partial charge in [-0.05, 0) is 41.1 Å². The maximum atomic E-state index is 13.1. The number of aliphatic carboxylic acids is 1. The van der Waals surface area contributed by atoms with Gasteiger partial charge in [0.15, 0.2) is 0 Å². The zero-order valence-electron chi connectivity index (χ0n) is 21.0. The van der Waals surface area contributed by atoms with E-state index in [-0.39, 0.29) is 31.2 Å². The number of rotatable bonds is 8. The minimum absolute atomic E-state index is 0.000688. The highest BCUT2D eigenvalue weighted by atomic mass is 16.4. The van der Waals surface area contributed by atoms with Gasteiger partial charge in [0, 0.05) is 30.8 Å². The van der Waals surface area contributed by atoms with E-state index in [0.717, 1.165) is 5.56 Å². The Bertz CT molecular complexity index is 1600. The first-order valence-corrected chi connectivity index (χ1v) is 12.6. The smallest absolute Gasteiger partial charge is 0.326 e. The fraction of sp³-hybridized carbons (Fsp3) is 0.200. The van der Waals surface area contributed by atoms with Crippen LogP contribution in [0.1, 0.15) is 24.0 Å². The quantitative estimate of drug-likeness (QED) is 0.324. The summed E-state index contributed by atoms with van der Waals surface area (Å²) in [6, 6.07) is 22.3. The van der Waals surface area contributed by atoms with Crippen molar-refractivity contribution < 1.29 is 24.6 Å². The average molecular weight is 526 g/mol. The summed E-state index contributed by atoms with van der Waals surface area (Å²) in [4.78, 5) is 51.7. The monoisotopic (exact) mass is 525 g/mol. The van der Waals surface area contributed by atoms with E-state index >= 15 is 0 Å². The molecule has 1 aromatic heterocycles. The van der Waals surface area contributed by atoms with Crippen molar-refractivity contribution in [2.24, 2.45) is 0 Å². The molecule has 4 aromatic rings. The summed E-state index contributed by atoms with van der Waals surface area (Å²) in [5, 5.41) is 24.3. The number of aromatic nitrogens is 1. The van der Waals surface area contributed by atoms with Crippen LogP contribution in [-0.4, -0.2) is 49.5 Å². The van der Waals surface area contributed by atoms with Crippen LogP contribution in [0.4, 0.5) is 0 Å². The van der Waals surface area contributed by atoms with E-state index in [0.29, 0.717) is 28.4 Å². The third-order valence-corrected chi connectivity index (χ3v) is 6.99. The van der Waals surface area contributed by atoms with Crippen molar-refractivity contribution in [2.75, 3.05) is 0 Å². The fourth-order valence-electron chi connectivity index (χ4n) is 4.97. The molecule has 9 nitrogen and oxygen atoms in total. The lowest BCUT2D eigenvalue weighted by molar-refractivity contribution is -0.143. The number of hydrogen-bond donors (Lipinski definition) is 3. The molecular formula is C30H27N3O6. The summed E-state index contributed by atoms with van der Waals surface area (Å²) < 4.78 is 1.18. The van der Waals surface area contributed by atoms with E-state index in [4.69, 9.17) is 0 Å². The minimum atomic E-state index is -1.21. The average Bonchev–Trinajstić information content (AvgIpc) is 3.29. The van der Waals surface area contributed by atoms with Crippen molar-refractivity contribution in [3.8, 4) is 11.6 Å². The molecule has 0 spiro atoms. The van der Waals surface area contributed by atoms with Gasteiger partial charge in [-0.25, -0.2) is 9.36 Å². The van der Waals surface area contributed by atoms with Crippen molar-refractivity contribution in [2.45, 2.75) is 37.9 Å². The minimum Gasteiger partial charge on any atom is -0.494 e. The van der Waals surface area contributed by atoms with Gasteiger partial charge in [0.2, 0.25) is 17.7 Å². The molecule has 1 aliphatic heterocycles. The van der Waals surface area contributed by atoms with Gasteiger partial charge in [0.1, 0.15) is 12.1 Å². The molecule has 1 saturated heterocycles. The molecule has 0 radical (unpaired) electrons. The second kappa shape index (κ2) is 10.8. The molecule has 0 unspecified atom stereocenters. The summed E-state index contributed by atoms with van der Waals surface area (Å²) in [6.45, 7) is 0.276. The van der Waals surface area contributed by atoms with Crippen LogP contribution in [0, 0.1) is 0 Å². The van der Waals surface area contributed by atoms with Crippen LogP contribution in [0.5, 0.6) is 5.88 Å². The molecule has 1 aliphatic rings. The summed E-state index contributed by atoms with van der Waals surface area (Å²) in [5.41, 5.74) is 1.52. The lowest BCUT2D eigenvalue weighted by Crippen LogP contribution is -2.50. The second-order valence-corrected chi connectivity index (χ2v) is 9.56. The zero-order chi connectivity index (χ0) is 27.5. The van der Waals surface area contributed by atoms with E-state index < -0.39 is 29.5 Å². The van der Waals surface area contributed by atoms with E-state index in [2.05, 4.69) is 5.32 Å². The number of benzene rings is 3. The Labute approximate surface area is 223 Å². The number of aromatic hydroxyl groups is 1. The first kappa shape index (κ1) is 25.7. The van der Waals surface area contributed by atoms with Crippen molar-refractivity contribution in [3.05, 3.63) is 106 Å². The number of carboxylic acid groups (broad SMARTS) is 1. The van der Waals surface area contributed by atoms with Crippen LogP contribution in [0.3, 0.4) is 0 Å². The van der Waals surface area contributed by atoms with E-state index in [1.807, 2.05) is 30.3 Å². The molecule has 0 saturated carbocycles. The molecular weight excluding hydrogens is 498 g/mol. The molecule has 1 fully saturated rings. The molecule has 3 aromatic carbocycles. The Morgan fingerprint density at radius 2 is 1.62 bits per heavy atom. The highest BCUT2D eigenvalue weighted by molar-refractivity contribution is 5.93. The summed E-state index contributed by atoms with van der Waals surface area (Å²) >= 11 is 0. The Morgan fingerprint density at radius 3 is 2.33 bits per heavy atom. The number of carbonyl (C=O) groups excluding carboxylic acids is 2. The maximum absolute atomic E-state index is 13.1. The van der Waals surface area contributed by atoms with Gasteiger partial charge in [-0.1, -0.05) is 60.7 Å². The number of nitrogens with one attached hydrogen (secondary N) is 1. The van der Waals surface area contributed by atoms with Crippen LogP contribution in [0.15, 0.2) is 89.7 Å². The standard InChI is InChI=1S/C30H27N3O6/c34-26-15-14-25(32(26)18-20-6-2-1-3-7-20)28(36)31-24(30(38)39)16-19-10-12-22(13-11-19)33-27(35)17-21-8-4-5-9-23(21)29(33)37/h1-13,17,24-25,37H,14-16,18H2,(H,31,36)(H,38,39)/t24-,25-/m0/s1. The van der Waals surface area contributed by atoms with Gasteiger partial charge in [-0.2, -0.15) is 0 Å². The summed E-state index contributed by atoms with van der Waals surface area (Å²) in [6.07, 6.45) is 0.549. The predicted octanol–water partition coefficient (Wildman–Crippen LogP) is 3.00. The third kappa shape index (κ3) is 5.38. The Kier molecular flexibility index (Phi) is 7.14. The number of amides is 2. The fourth-order valence-corrected chi connectivity index (χ4v) is 4.97. The molecule has 0 aliphatic carbocycles. The Hall–Kier alpha value is -4.92. The molecule has 9 heteroatoms. The molecule has 3 N–H and O–H groups in total. The van der Waals surface area contributed by atoms with Crippen LogP contribution < -0.4 is 10.9 Å². The number of hydrogen-bond acceptors (Lipinski definition) is 5. The molecule has 2 amide bonds. The summed E-state index contributed by atoms with van der Waals surface area (Å²) in [7, 11) is 0. The van der Waals surface area contributed by atoms with Gasteiger partial charge in [-0.3, -0.25) is 14.4 Å². The van der Waals surface area contributed by atoms with Crippen molar-refractivity contribution in [3.63, 3.8) is 0 Å². The van der Waals surface area contributed by atoms with Crippen LogP contribution in [0.2, 0.25) is 0 Å². The largest absolute Gasteiger partial charge is 0.494 e. The number of likely N-dealkylation sites (tertiary alicyclic amines) is 1. The first-order chi connectivity index (χ1) is 18.8. The third-order valence-electron chi connectivity index (χ3n) is 6.99. The molecule has 2 atom stereocenters. The van der Waals surface area contributed by atoms with Crippen LogP contribution in [-0.2, 0) is 27.3 Å². The van der Waals surface area contributed by atoms with Crippen molar-refractivity contribution in [1.82, 2.24) is 14.8 Å². The predicted molar refractivity (Wildman–Crippen MR) is 144 cm³/mol. The normalized spacial score (nSPS) is 15.8. The molecule has 0 bridgehead atoms.